The van der Waals surface area contributed by atoms with E-state index in [2.05, 4.69) is 31.0 Å². The molecule has 0 aliphatic carbocycles. The zero-order chi connectivity index (χ0) is 11.7. The first-order chi connectivity index (χ1) is 6.62. The van der Waals surface area contributed by atoms with Crippen molar-refractivity contribution in [3.8, 4) is 0 Å². The van der Waals surface area contributed by atoms with Gasteiger partial charge in [-0.2, -0.15) is 0 Å². The van der Waals surface area contributed by atoms with Crippen LogP contribution in [0.1, 0.15) is 34.6 Å². The number of nitrogens with zero attached hydrogens (tertiary/aromatic N) is 1. The van der Waals surface area contributed by atoms with E-state index in [0.717, 1.165) is 0 Å². The largest absolute Gasteiger partial charge is 0.380 e. The van der Waals surface area contributed by atoms with Gasteiger partial charge in [0.15, 0.2) is 0 Å². The van der Waals surface area contributed by atoms with Gasteiger partial charge in [-0.1, -0.05) is 38.2 Å². The van der Waals surface area contributed by atoms with Crippen LogP contribution in [0.2, 0.25) is 0 Å². The molecule has 0 aromatic carbocycles. The van der Waals surface area contributed by atoms with Crippen molar-refractivity contribution < 1.29 is 5.11 Å². The van der Waals surface area contributed by atoms with E-state index >= 15 is 0 Å². The number of aliphatic hydroxyl groups is 1. The second-order valence-corrected chi connectivity index (χ2v) is 5.63. The molecule has 1 rings (SSSR count). The molecule has 0 radical (unpaired) electrons. The Morgan fingerprint density at radius 2 is 1.40 bits per heavy atom. The van der Waals surface area contributed by atoms with Gasteiger partial charge in [0.1, 0.15) is 5.60 Å². The van der Waals surface area contributed by atoms with Crippen molar-refractivity contribution in [1.82, 2.24) is 0 Å². The van der Waals surface area contributed by atoms with E-state index in [9.17, 15) is 5.11 Å². The molecule has 2 nitrogen and oxygen atoms in total. The SMILES string of the molecule is CC1(C)/C=C\C(C)(O)/C=N\C(C)(C)/C=C\1. The zero-order valence-electron chi connectivity index (χ0n) is 10.3. The Balaban J connectivity index is 3.14. The normalized spacial score (nSPS) is 39.6. The highest BCUT2D eigenvalue weighted by atomic mass is 16.3. The van der Waals surface area contributed by atoms with Crippen molar-refractivity contribution in [2.24, 2.45) is 10.4 Å². The summed E-state index contributed by atoms with van der Waals surface area (Å²) in [6, 6.07) is 0. The molecule has 0 saturated carbocycles. The van der Waals surface area contributed by atoms with E-state index in [0.29, 0.717) is 0 Å². The number of aliphatic imine (C=N–C) groups is 1. The van der Waals surface area contributed by atoms with Gasteiger partial charge < -0.3 is 5.11 Å². The lowest BCUT2D eigenvalue weighted by molar-refractivity contribution is 0.188. The van der Waals surface area contributed by atoms with Gasteiger partial charge in [0.25, 0.3) is 0 Å². The highest BCUT2D eigenvalue weighted by Crippen LogP contribution is 2.25. The van der Waals surface area contributed by atoms with E-state index in [1.807, 2.05) is 19.9 Å². The first-order valence-corrected chi connectivity index (χ1v) is 5.32. The van der Waals surface area contributed by atoms with Gasteiger partial charge in [-0.25, -0.2) is 0 Å². The zero-order valence-corrected chi connectivity index (χ0v) is 10.3. The van der Waals surface area contributed by atoms with Gasteiger partial charge >= 0.3 is 0 Å². The van der Waals surface area contributed by atoms with Crippen LogP contribution in [0.25, 0.3) is 0 Å². The third-order valence-corrected chi connectivity index (χ3v) is 2.43. The van der Waals surface area contributed by atoms with Crippen molar-refractivity contribution in [3.05, 3.63) is 24.3 Å². The monoisotopic (exact) mass is 207 g/mol. The van der Waals surface area contributed by atoms with Gasteiger partial charge in [-0.3, -0.25) is 4.99 Å². The van der Waals surface area contributed by atoms with Crippen LogP contribution >= 0.6 is 0 Å². The number of hydrogen-bond acceptors (Lipinski definition) is 2. The topological polar surface area (TPSA) is 32.6 Å². The molecular formula is C13H21NO. The minimum absolute atomic E-state index is 0.0467. The molecular weight excluding hydrogens is 186 g/mol. The van der Waals surface area contributed by atoms with Crippen molar-refractivity contribution in [2.75, 3.05) is 0 Å². The fourth-order valence-corrected chi connectivity index (χ4v) is 1.24. The maximum absolute atomic E-state index is 10.0. The first kappa shape index (κ1) is 12.2. The number of allylic oxidation sites excluding steroid dienone is 2. The summed E-state index contributed by atoms with van der Waals surface area (Å²) in [5.74, 6) is 0. The van der Waals surface area contributed by atoms with Crippen molar-refractivity contribution in [1.29, 1.82) is 0 Å². The molecule has 0 saturated heterocycles. The summed E-state index contributed by atoms with van der Waals surface area (Å²) < 4.78 is 0. The minimum Gasteiger partial charge on any atom is -0.380 e. The lowest BCUT2D eigenvalue weighted by atomic mass is 9.89. The Morgan fingerprint density at radius 3 is 2.00 bits per heavy atom. The molecule has 0 fully saturated rings. The molecule has 1 heterocycles. The molecule has 0 bridgehead atoms. The van der Waals surface area contributed by atoms with Crippen LogP contribution in [0.15, 0.2) is 29.3 Å². The Kier molecular flexibility index (Phi) is 2.92. The van der Waals surface area contributed by atoms with Gasteiger partial charge in [0, 0.05) is 11.6 Å². The molecule has 1 aliphatic rings. The molecule has 0 aromatic heterocycles. The third-order valence-electron chi connectivity index (χ3n) is 2.43. The van der Waals surface area contributed by atoms with E-state index in [4.69, 9.17) is 0 Å². The second kappa shape index (κ2) is 3.60. The molecule has 0 aromatic rings. The standard InChI is InChI=1S/C13H21NO/c1-11(2)6-8-12(3,4)14-10-13(5,15)9-7-11/h6-10,15H,1-5H3/b8-6-,9-7-,14-10-. The van der Waals surface area contributed by atoms with Crippen LogP contribution in [-0.2, 0) is 0 Å². The van der Waals surface area contributed by atoms with Crippen LogP contribution in [0.5, 0.6) is 0 Å². The lowest BCUT2D eigenvalue weighted by Gasteiger charge is -2.18. The molecule has 1 atom stereocenters. The summed E-state index contributed by atoms with van der Waals surface area (Å²) in [4.78, 5) is 4.38. The first-order valence-electron chi connectivity index (χ1n) is 5.32. The quantitative estimate of drug-likeness (QED) is 0.609. The fourth-order valence-electron chi connectivity index (χ4n) is 1.24. The van der Waals surface area contributed by atoms with Gasteiger partial charge in [0.2, 0.25) is 0 Å². The molecule has 1 N–H and O–H groups in total. The van der Waals surface area contributed by atoms with Crippen LogP contribution in [0.4, 0.5) is 0 Å². The van der Waals surface area contributed by atoms with E-state index in [1.165, 1.54) is 0 Å². The second-order valence-electron chi connectivity index (χ2n) is 5.63. The van der Waals surface area contributed by atoms with Gasteiger partial charge in [-0.15, -0.1) is 0 Å². The molecule has 0 spiro atoms. The number of hydrogen-bond donors (Lipinski definition) is 1. The summed E-state index contributed by atoms with van der Waals surface area (Å²) in [7, 11) is 0. The molecule has 2 heteroatoms. The molecule has 1 unspecified atom stereocenters. The molecule has 84 valence electrons. The maximum atomic E-state index is 10.0. The predicted molar refractivity (Wildman–Crippen MR) is 65.3 cm³/mol. The summed E-state index contributed by atoms with van der Waals surface area (Å²) in [5, 5.41) is 10.0. The van der Waals surface area contributed by atoms with E-state index in [1.54, 1.807) is 19.2 Å². The van der Waals surface area contributed by atoms with Crippen LogP contribution in [0, 0.1) is 5.41 Å². The highest BCUT2D eigenvalue weighted by Gasteiger charge is 2.21. The maximum Gasteiger partial charge on any atom is 0.115 e. The molecule has 1 aliphatic heterocycles. The van der Waals surface area contributed by atoms with Gasteiger partial charge in [0.05, 0.1) is 5.54 Å². The summed E-state index contributed by atoms with van der Waals surface area (Å²) >= 11 is 0. The highest BCUT2D eigenvalue weighted by molar-refractivity contribution is 5.71. The van der Waals surface area contributed by atoms with E-state index in [-0.39, 0.29) is 11.0 Å². The average molecular weight is 207 g/mol. The Labute approximate surface area is 92.4 Å². The Hall–Kier alpha value is -0.890. The van der Waals surface area contributed by atoms with E-state index < -0.39 is 5.60 Å². The van der Waals surface area contributed by atoms with Crippen molar-refractivity contribution >= 4 is 6.21 Å². The smallest absolute Gasteiger partial charge is 0.115 e. The van der Waals surface area contributed by atoms with Crippen LogP contribution in [-0.4, -0.2) is 22.5 Å². The summed E-state index contributed by atoms with van der Waals surface area (Å²) in [6.07, 6.45) is 9.62. The predicted octanol–water partition coefficient (Wildman–Crippen LogP) is 2.74. The minimum atomic E-state index is -0.958. The van der Waals surface area contributed by atoms with Crippen LogP contribution < -0.4 is 0 Å². The number of rotatable bonds is 0. The van der Waals surface area contributed by atoms with Crippen molar-refractivity contribution in [2.45, 2.75) is 45.8 Å². The fraction of sp³-hybridized carbons (Fsp3) is 0.615. The average Bonchev–Trinajstić information content (AvgIpc) is 2.12. The summed E-state index contributed by atoms with van der Waals surface area (Å²) in [5.41, 5.74) is -1.26. The molecule has 0 amide bonds. The Morgan fingerprint density at radius 1 is 0.867 bits per heavy atom. The summed E-state index contributed by atoms with van der Waals surface area (Å²) in [6.45, 7) is 10.0. The Bertz CT molecular complexity index is 243. The van der Waals surface area contributed by atoms with Crippen LogP contribution in [0.3, 0.4) is 0 Å². The third kappa shape index (κ3) is 4.00. The van der Waals surface area contributed by atoms with Crippen molar-refractivity contribution in [3.63, 3.8) is 0 Å². The molecule has 15 heavy (non-hydrogen) atoms. The lowest BCUT2D eigenvalue weighted by Crippen LogP contribution is -2.25. The van der Waals surface area contributed by atoms with Gasteiger partial charge in [-0.05, 0) is 20.8 Å².